The minimum atomic E-state index is -3.81. The number of hydrogen-bond donors (Lipinski definition) is 0. The van der Waals surface area contributed by atoms with Crippen LogP contribution in [0.2, 0.25) is 0 Å². The Bertz CT molecular complexity index is 1130. The summed E-state index contributed by atoms with van der Waals surface area (Å²) in [5.41, 5.74) is 2.36. The van der Waals surface area contributed by atoms with Gasteiger partial charge >= 0.3 is 0 Å². The maximum atomic E-state index is 14.2. The van der Waals surface area contributed by atoms with Gasteiger partial charge in [0.05, 0.1) is 15.9 Å². The van der Waals surface area contributed by atoms with Crippen LogP contribution in [0.5, 0.6) is 0 Å². The molecule has 2 aromatic carbocycles. The van der Waals surface area contributed by atoms with E-state index in [2.05, 4.69) is 0 Å². The molecule has 2 aliphatic rings. The molecule has 1 heterocycles. The SMILES string of the molecule is O=S1(=O)CCN(S(=O)(=O)c2ccc3c(c2)CCCC3)CCC1c1ccccc1F. The molecule has 4 rings (SSSR count). The van der Waals surface area contributed by atoms with Gasteiger partial charge in [0.25, 0.3) is 0 Å². The number of nitrogens with zero attached hydrogens (tertiary/aromatic N) is 1. The molecule has 0 amide bonds. The van der Waals surface area contributed by atoms with E-state index in [1.54, 1.807) is 18.2 Å². The van der Waals surface area contributed by atoms with Crippen LogP contribution < -0.4 is 0 Å². The monoisotopic (exact) mass is 437 g/mol. The predicted molar refractivity (Wildman–Crippen MR) is 109 cm³/mol. The van der Waals surface area contributed by atoms with E-state index in [9.17, 15) is 21.2 Å². The first-order valence-electron chi connectivity index (χ1n) is 9.87. The molecule has 1 aliphatic heterocycles. The number of halogens is 1. The van der Waals surface area contributed by atoms with E-state index in [0.717, 1.165) is 31.2 Å². The fourth-order valence-electron chi connectivity index (χ4n) is 4.27. The molecule has 1 unspecified atom stereocenters. The summed E-state index contributed by atoms with van der Waals surface area (Å²) in [5, 5.41) is -1.03. The Morgan fingerprint density at radius 1 is 0.966 bits per heavy atom. The molecule has 0 spiro atoms. The van der Waals surface area contributed by atoms with Crippen molar-refractivity contribution >= 4 is 19.9 Å². The number of sulfone groups is 1. The van der Waals surface area contributed by atoms with E-state index in [4.69, 9.17) is 0 Å². The highest BCUT2D eigenvalue weighted by atomic mass is 32.2. The third-order valence-electron chi connectivity index (χ3n) is 5.91. The van der Waals surface area contributed by atoms with Crippen molar-refractivity contribution in [2.24, 2.45) is 0 Å². The van der Waals surface area contributed by atoms with Crippen molar-refractivity contribution in [3.8, 4) is 0 Å². The molecule has 8 heteroatoms. The van der Waals surface area contributed by atoms with Crippen LogP contribution in [0.25, 0.3) is 0 Å². The molecule has 0 radical (unpaired) electrons. The Balaban J connectivity index is 1.63. The average Bonchev–Trinajstić information content (AvgIpc) is 2.86. The van der Waals surface area contributed by atoms with Crippen LogP contribution in [-0.4, -0.2) is 40.0 Å². The van der Waals surface area contributed by atoms with Crippen molar-refractivity contribution in [2.45, 2.75) is 42.2 Å². The van der Waals surface area contributed by atoms with Gasteiger partial charge in [-0.25, -0.2) is 21.2 Å². The lowest BCUT2D eigenvalue weighted by molar-refractivity contribution is 0.426. The number of rotatable bonds is 3. The highest BCUT2D eigenvalue weighted by Gasteiger charge is 2.36. The van der Waals surface area contributed by atoms with Crippen LogP contribution in [0.15, 0.2) is 47.4 Å². The molecule has 1 saturated heterocycles. The summed E-state index contributed by atoms with van der Waals surface area (Å²) in [4.78, 5) is 0.208. The molecule has 5 nitrogen and oxygen atoms in total. The van der Waals surface area contributed by atoms with Crippen molar-refractivity contribution in [3.05, 3.63) is 65.0 Å². The van der Waals surface area contributed by atoms with Crippen molar-refractivity contribution in [1.82, 2.24) is 4.31 Å². The smallest absolute Gasteiger partial charge is 0.228 e. The lowest BCUT2D eigenvalue weighted by Crippen LogP contribution is -2.33. The number of aryl methyl sites for hydroxylation is 2. The fourth-order valence-corrected chi connectivity index (χ4v) is 7.69. The van der Waals surface area contributed by atoms with Crippen molar-refractivity contribution in [2.75, 3.05) is 18.8 Å². The molecule has 29 heavy (non-hydrogen) atoms. The summed E-state index contributed by atoms with van der Waals surface area (Å²) >= 11 is 0. The predicted octanol–water partition coefficient (Wildman–Crippen LogP) is 3.26. The van der Waals surface area contributed by atoms with Gasteiger partial charge in [0.15, 0.2) is 9.84 Å². The molecule has 1 aliphatic carbocycles. The zero-order valence-corrected chi connectivity index (χ0v) is 17.7. The Hall–Kier alpha value is -1.77. The van der Waals surface area contributed by atoms with Crippen molar-refractivity contribution in [1.29, 1.82) is 0 Å². The van der Waals surface area contributed by atoms with Crippen molar-refractivity contribution < 1.29 is 21.2 Å². The quantitative estimate of drug-likeness (QED) is 0.739. The van der Waals surface area contributed by atoms with E-state index in [1.807, 2.05) is 6.07 Å². The summed E-state index contributed by atoms with van der Waals surface area (Å²) in [7, 11) is -7.48. The van der Waals surface area contributed by atoms with Crippen LogP contribution >= 0.6 is 0 Å². The molecule has 0 saturated carbocycles. The normalized spacial score (nSPS) is 22.6. The first kappa shape index (κ1) is 20.5. The number of hydrogen-bond acceptors (Lipinski definition) is 4. The molecule has 0 N–H and O–H groups in total. The van der Waals surface area contributed by atoms with Gasteiger partial charge in [0.2, 0.25) is 10.0 Å². The van der Waals surface area contributed by atoms with Gasteiger partial charge in [-0.15, -0.1) is 0 Å². The number of fused-ring (bicyclic) bond motifs is 1. The lowest BCUT2D eigenvalue weighted by Gasteiger charge is -2.22. The second kappa shape index (κ2) is 7.81. The van der Waals surface area contributed by atoms with Gasteiger partial charge in [-0.1, -0.05) is 24.3 Å². The summed E-state index contributed by atoms with van der Waals surface area (Å²) < 4.78 is 67.4. The van der Waals surface area contributed by atoms with Gasteiger partial charge in [-0.2, -0.15) is 4.31 Å². The first-order chi connectivity index (χ1) is 13.8. The molecule has 1 atom stereocenters. The van der Waals surface area contributed by atoms with E-state index in [1.165, 1.54) is 28.1 Å². The van der Waals surface area contributed by atoms with Crippen LogP contribution in [0.1, 0.15) is 41.2 Å². The third-order valence-corrected chi connectivity index (χ3v) is 9.91. The minimum absolute atomic E-state index is 0.0352. The Labute approximate surface area is 171 Å². The summed E-state index contributed by atoms with van der Waals surface area (Å²) in [5.74, 6) is -0.900. The van der Waals surface area contributed by atoms with Crippen molar-refractivity contribution in [3.63, 3.8) is 0 Å². The highest BCUT2D eigenvalue weighted by molar-refractivity contribution is 7.92. The summed E-state index contributed by atoms with van der Waals surface area (Å²) in [6, 6.07) is 11.0. The standard InChI is InChI=1S/C21H24FNO4S2/c22-20-8-4-3-7-19(20)21-11-12-23(13-14-28(21,24)25)29(26,27)18-10-9-16-5-1-2-6-17(16)15-18/h3-4,7-10,15,21H,1-2,5-6,11-14H2. The molecule has 0 aromatic heterocycles. The molecule has 2 aromatic rings. The molecule has 156 valence electrons. The van der Waals surface area contributed by atoms with Crippen LogP contribution in [0.3, 0.4) is 0 Å². The zero-order valence-electron chi connectivity index (χ0n) is 16.1. The number of benzene rings is 2. The van der Waals surface area contributed by atoms with Gasteiger partial charge < -0.3 is 0 Å². The van der Waals surface area contributed by atoms with E-state index < -0.39 is 30.9 Å². The molecular weight excluding hydrogens is 413 g/mol. The summed E-state index contributed by atoms with van der Waals surface area (Å²) in [6.45, 7) is -0.0790. The second-order valence-electron chi connectivity index (χ2n) is 7.71. The van der Waals surface area contributed by atoms with Crippen LogP contribution in [-0.2, 0) is 32.7 Å². The zero-order chi connectivity index (χ0) is 20.6. The van der Waals surface area contributed by atoms with Gasteiger partial charge in [-0.3, -0.25) is 0 Å². The third kappa shape index (κ3) is 3.98. The van der Waals surface area contributed by atoms with Crippen LogP contribution in [0.4, 0.5) is 4.39 Å². The Morgan fingerprint density at radius 2 is 1.69 bits per heavy atom. The highest BCUT2D eigenvalue weighted by Crippen LogP contribution is 2.33. The molecule has 0 bridgehead atoms. The second-order valence-corrected chi connectivity index (χ2v) is 11.9. The number of sulfonamides is 1. The first-order valence-corrected chi connectivity index (χ1v) is 13.0. The largest absolute Gasteiger partial charge is 0.243 e. The molecule has 1 fully saturated rings. The Morgan fingerprint density at radius 3 is 2.45 bits per heavy atom. The Kier molecular flexibility index (Phi) is 5.52. The van der Waals surface area contributed by atoms with Gasteiger partial charge in [0, 0.05) is 18.7 Å². The summed E-state index contributed by atoms with van der Waals surface area (Å²) in [6.07, 6.45) is 4.01. The van der Waals surface area contributed by atoms with Gasteiger partial charge in [0.1, 0.15) is 5.82 Å². The topological polar surface area (TPSA) is 71.5 Å². The van der Waals surface area contributed by atoms with Crippen LogP contribution in [0, 0.1) is 5.82 Å². The fraction of sp³-hybridized carbons (Fsp3) is 0.429. The lowest BCUT2D eigenvalue weighted by atomic mass is 9.92. The average molecular weight is 438 g/mol. The maximum absolute atomic E-state index is 14.2. The van der Waals surface area contributed by atoms with Gasteiger partial charge in [-0.05, 0) is 61.4 Å². The molecular formula is C21H24FNO4S2. The minimum Gasteiger partial charge on any atom is -0.228 e. The maximum Gasteiger partial charge on any atom is 0.243 e. The van der Waals surface area contributed by atoms with E-state index >= 15 is 0 Å². The van der Waals surface area contributed by atoms with E-state index in [-0.39, 0.29) is 35.7 Å². The van der Waals surface area contributed by atoms with E-state index in [0.29, 0.717) is 0 Å².